The van der Waals surface area contributed by atoms with Crippen LogP contribution in [0, 0.1) is 18.3 Å². The van der Waals surface area contributed by atoms with Crippen molar-refractivity contribution in [2.24, 2.45) is 7.05 Å². The predicted octanol–water partition coefficient (Wildman–Crippen LogP) is 1.80. The highest BCUT2D eigenvalue weighted by atomic mass is 16.5. The van der Waals surface area contributed by atoms with E-state index < -0.39 is 0 Å². The van der Waals surface area contributed by atoms with Crippen LogP contribution in [0.5, 0.6) is 5.75 Å². The van der Waals surface area contributed by atoms with E-state index in [0.717, 1.165) is 5.75 Å². The second-order valence-corrected chi connectivity index (χ2v) is 4.35. The second-order valence-electron chi connectivity index (χ2n) is 4.35. The molecule has 0 spiro atoms. The van der Waals surface area contributed by atoms with E-state index in [1.54, 1.807) is 7.05 Å². The van der Waals surface area contributed by atoms with Crippen LogP contribution in [0.1, 0.15) is 16.8 Å². The Morgan fingerprint density at radius 2 is 2.05 bits per heavy atom. The van der Waals surface area contributed by atoms with Crippen LogP contribution in [-0.4, -0.2) is 16.4 Å². The van der Waals surface area contributed by atoms with Gasteiger partial charge in [-0.25, -0.2) is 0 Å². The highest BCUT2D eigenvalue weighted by Gasteiger charge is 2.12. The molecule has 0 amide bonds. The maximum atomic E-state index is 9.04. The minimum absolute atomic E-state index is 0.396. The zero-order chi connectivity index (χ0) is 13.8. The maximum Gasteiger partial charge on any atom is 0.139 e. The Morgan fingerprint density at radius 3 is 2.68 bits per heavy atom. The summed E-state index contributed by atoms with van der Waals surface area (Å²) >= 11 is 0. The van der Waals surface area contributed by atoms with Crippen LogP contribution in [0.2, 0.25) is 0 Å². The number of hydrogen-bond donors (Lipinski definition) is 1. The van der Waals surface area contributed by atoms with Gasteiger partial charge in [0.2, 0.25) is 0 Å². The van der Waals surface area contributed by atoms with E-state index in [2.05, 4.69) is 11.2 Å². The molecule has 1 aromatic carbocycles. The number of nitrogen functional groups attached to an aromatic ring is 1. The van der Waals surface area contributed by atoms with E-state index in [1.165, 1.54) is 10.2 Å². The lowest BCUT2D eigenvalue weighted by atomic mass is 10.2. The van der Waals surface area contributed by atoms with Crippen molar-refractivity contribution in [3.05, 3.63) is 41.1 Å². The third-order valence-corrected chi connectivity index (χ3v) is 2.90. The molecule has 0 bridgehead atoms. The number of hydrogen-bond acceptors (Lipinski definition) is 4. The standard InChI is InChI=1S/C14H16N4O/c1-10-3-5-11(6-4-10)19-8-7-13-12(9-15)14(16)18(2)17-13/h3-6H,7-8,16H2,1-2H3. The average Bonchev–Trinajstić information content (AvgIpc) is 2.67. The number of benzene rings is 1. The van der Waals surface area contributed by atoms with Gasteiger partial charge in [0.1, 0.15) is 23.2 Å². The number of nitrogens with two attached hydrogens (primary N) is 1. The van der Waals surface area contributed by atoms with Crippen molar-refractivity contribution in [3.63, 3.8) is 0 Å². The SMILES string of the molecule is Cc1ccc(OCCc2nn(C)c(N)c2C#N)cc1. The summed E-state index contributed by atoms with van der Waals surface area (Å²) in [4.78, 5) is 0. The number of nitrogens with zero attached hydrogens (tertiary/aromatic N) is 3. The minimum atomic E-state index is 0.396. The highest BCUT2D eigenvalue weighted by Crippen LogP contribution is 2.16. The molecule has 2 rings (SSSR count). The fourth-order valence-electron chi connectivity index (χ4n) is 1.79. The Bertz CT molecular complexity index is 608. The molecule has 5 nitrogen and oxygen atoms in total. The molecule has 0 saturated carbocycles. The molecule has 0 atom stereocenters. The lowest BCUT2D eigenvalue weighted by Gasteiger charge is -2.05. The third kappa shape index (κ3) is 2.86. The van der Waals surface area contributed by atoms with Crippen molar-refractivity contribution in [2.45, 2.75) is 13.3 Å². The minimum Gasteiger partial charge on any atom is -0.493 e. The molecule has 0 aliphatic carbocycles. The van der Waals surface area contributed by atoms with Gasteiger partial charge in [0.05, 0.1) is 12.3 Å². The van der Waals surface area contributed by atoms with Crippen molar-refractivity contribution in [2.75, 3.05) is 12.3 Å². The first-order valence-corrected chi connectivity index (χ1v) is 6.02. The molecule has 1 aromatic heterocycles. The van der Waals surface area contributed by atoms with Gasteiger partial charge >= 0.3 is 0 Å². The quantitative estimate of drug-likeness (QED) is 0.905. The zero-order valence-electron chi connectivity index (χ0n) is 11.1. The molecule has 2 N–H and O–H groups in total. The summed E-state index contributed by atoms with van der Waals surface area (Å²) in [5.41, 5.74) is 8.06. The van der Waals surface area contributed by atoms with Crippen LogP contribution in [-0.2, 0) is 13.5 Å². The molecule has 98 valence electrons. The molecule has 0 unspecified atom stereocenters. The zero-order valence-corrected chi connectivity index (χ0v) is 11.1. The summed E-state index contributed by atoms with van der Waals surface area (Å²) in [7, 11) is 1.72. The van der Waals surface area contributed by atoms with Crippen LogP contribution in [0.25, 0.3) is 0 Å². The Morgan fingerprint density at radius 1 is 1.37 bits per heavy atom. The summed E-state index contributed by atoms with van der Waals surface area (Å²) in [5.74, 6) is 1.21. The fraction of sp³-hybridized carbons (Fsp3) is 0.286. The van der Waals surface area contributed by atoms with E-state index in [1.807, 2.05) is 31.2 Å². The molecule has 0 aliphatic heterocycles. The smallest absolute Gasteiger partial charge is 0.139 e. The fourth-order valence-corrected chi connectivity index (χ4v) is 1.79. The van der Waals surface area contributed by atoms with Crippen LogP contribution in [0.3, 0.4) is 0 Å². The second kappa shape index (κ2) is 5.44. The van der Waals surface area contributed by atoms with Crippen molar-refractivity contribution in [1.29, 1.82) is 5.26 Å². The van der Waals surface area contributed by atoms with Gasteiger partial charge in [0, 0.05) is 13.5 Å². The predicted molar refractivity (Wildman–Crippen MR) is 72.7 cm³/mol. The monoisotopic (exact) mass is 256 g/mol. The van der Waals surface area contributed by atoms with Gasteiger partial charge in [0.15, 0.2) is 0 Å². The summed E-state index contributed by atoms with van der Waals surface area (Å²) in [5, 5.41) is 13.3. The number of rotatable bonds is 4. The molecule has 0 aliphatic rings. The normalized spacial score (nSPS) is 10.2. The van der Waals surface area contributed by atoms with Gasteiger partial charge in [0.25, 0.3) is 0 Å². The van der Waals surface area contributed by atoms with Crippen molar-refractivity contribution in [1.82, 2.24) is 9.78 Å². The van der Waals surface area contributed by atoms with Gasteiger partial charge in [-0.1, -0.05) is 17.7 Å². The van der Waals surface area contributed by atoms with Gasteiger partial charge < -0.3 is 10.5 Å². The lowest BCUT2D eigenvalue weighted by Crippen LogP contribution is -2.03. The third-order valence-electron chi connectivity index (χ3n) is 2.90. The number of anilines is 1. The van der Waals surface area contributed by atoms with Crippen molar-refractivity contribution in [3.8, 4) is 11.8 Å². The van der Waals surface area contributed by atoms with Crippen molar-refractivity contribution < 1.29 is 4.74 Å². The topological polar surface area (TPSA) is 76.9 Å². The Kier molecular flexibility index (Phi) is 3.71. The van der Waals surface area contributed by atoms with Crippen LogP contribution < -0.4 is 10.5 Å². The van der Waals surface area contributed by atoms with E-state index in [4.69, 9.17) is 15.7 Å². The Balaban J connectivity index is 1.98. The number of aryl methyl sites for hydroxylation is 2. The molecule has 19 heavy (non-hydrogen) atoms. The van der Waals surface area contributed by atoms with E-state index >= 15 is 0 Å². The molecule has 0 radical (unpaired) electrons. The largest absolute Gasteiger partial charge is 0.493 e. The highest BCUT2D eigenvalue weighted by molar-refractivity contribution is 5.51. The molecule has 1 heterocycles. The number of ether oxygens (including phenoxy) is 1. The summed E-state index contributed by atoms with van der Waals surface area (Å²) in [6, 6.07) is 9.91. The van der Waals surface area contributed by atoms with Gasteiger partial charge in [-0.2, -0.15) is 10.4 Å². The maximum absolute atomic E-state index is 9.04. The first-order chi connectivity index (χ1) is 9.11. The van der Waals surface area contributed by atoms with Crippen LogP contribution in [0.15, 0.2) is 24.3 Å². The van der Waals surface area contributed by atoms with Crippen molar-refractivity contribution >= 4 is 5.82 Å². The first kappa shape index (κ1) is 13.0. The van der Waals surface area contributed by atoms with Gasteiger partial charge in [-0.05, 0) is 19.1 Å². The van der Waals surface area contributed by atoms with E-state index in [-0.39, 0.29) is 0 Å². The van der Waals surface area contributed by atoms with Gasteiger partial charge in [-0.15, -0.1) is 0 Å². The summed E-state index contributed by atoms with van der Waals surface area (Å²) in [6.45, 7) is 2.49. The number of aromatic nitrogens is 2. The van der Waals surface area contributed by atoms with Crippen LogP contribution in [0.4, 0.5) is 5.82 Å². The van der Waals surface area contributed by atoms with Crippen LogP contribution >= 0.6 is 0 Å². The molecular formula is C14H16N4O. The molecular weight excluding hydrogens is 240 g/mol. The average molecular weight is 256 g/mol. The molecule has 0 fully saturated rings. The Hall–Kier alpha value is -2.48. The summed E-state index contributed by atoms with van der Waals surface area (Å²) in [6.07, 6.45) is 0.557. The Labute approximate surface area is 112 Å². The first-order valence-electron chi connectivity index (χ1n) is 6.02. The molecule has 0 saturated heterocycles. The molecule has 2 aromatic rings. The number of nitriles is 1. The molecule has 5 heteroatoms. The lowest BCUT2D eigenvalue weighted by molar-refractivity contribution is 0.320. The summed E-state index contributed by atoms with van der Waals surface area (Å²) < 4.78 is 7.13. The van der Waals surface area contributed by atoms with E-state index in [0.29, 0.717) is 30.1 Å². The van der Waals surface area contributed by atoms with E-state index in [9.17, 15) is 0 Å². The van der Waals surface area contributed by atoms with Gasteiger partial charge in [-0.3, -0.25) is 4.68 Å².